The van der Waals surface area contributed by atoms with E-state index in [9.17, 15) is 0 Å². The largest absolute Gasteiger partial charge is 0.347 e. The van der Waals surface area contributed by atoms with Crippen molar-refractivity contribution in [2.45, 2.75) is 50.9 Å². The molecule has 3 rings (SSSR count). The molecule has 0 saturated carbocycles. The van der Waals surface area contributed by atoms with E-state index >= 15 is 0 Å². The lowest BCUT2D eigenvalue weighted by Crippen LogP contribution is -2.44. The standard InChI is InChI=1S/C17H25NO2/c1-16(2,3)14-6-4-13(5-7-14)15-12-17(8-9-18-15)19-10-11-20-17/h4-7,15,18H,8-12H2,1-3H3. The summed E-state index contributed by atoms with van der Waals surface area (Å²) in [6, 6.07) is 9.30. The lowest BCUT2D eigenvalue weighted by atomic mass is 9.85. The fourth-order valence-electron chi connectivity index (χ4n) is 3.13. The highest BCUT2D eigenvalue weighted by molar-refractivity contribution is 5.29. The first-order valence-electron chi connectivity index (χ1n) is 7.60. The van der Waals surface area contributed by atoms with Crippen LogP contribution < -0.4 is 5.32 Å². The van der Waals surface area contributed by atoms with Crippen LogP contribution >= 0.6 is 0 Å². The Balaban J connectivity index is 1.75. The Kier molecular flexibility index (Phi) is 3.61. The molecule has 0 aromatic heterocycles. The summed E-state index contributed by atoms with van der Waals surface area (Å²) >= 11 is 0. The topological polar surface area (TPSA) is 30.5 Å². The zero-order chi connectivity index (χ0) is 14.2. The van der Waals surface area contributed by atoms with Gasteiger partial charge in [-0.3, -0.25) is 0 Å². The maximum Gasteiger partial charge on any atom is 0.171 e. The monoisotopic (exact) mass is 275 g/mol. The molecule has 1 aromatic rings. The van der Waals surface area contributed by atoms with Crippen LogP contribution in [0.1, 0.15) is 50.8 Å². The number of piperidine rings is 1. The molecule has 110 valence electrons. The highest BCUT2D eigenvalue weighted by Crippen LogP contribution is 2.37. The van der Waals surface area contributed by atoms with Gasteiger partial charge < -0.3 is 14.8 Å². The maximum atomic E-state index is 5.85. The minimum atomic E-state index is -0.335. The van der Waals surface area contributed by atoms with Crippen molar-refractivity contribution >= 4 is 0 Å². The lowest BCUT2D eigenvalue weighted by molar-refractivity contribution is -0.180. The Morgan fingerprint density at radius 3 is 2.35 bits per heavy atom. The molecule has 2 aliphatic rings. The second-order valence-electron chi connectivity index (χ2n) is 6.94. The van der Waals surface area contributed by atoms with E-state index in [2.05, 4.69) is 50.4 Å². The predicted molar refractivity (Wildman–Crippen MR) is 79.8 cm³/mol. The molecule has 1 aromatic carbocycles. The van der Waals surface area contributed by atoms with Crippen molar-refractivity contribution in [2.24, 2.45) is 0 Å². The fourth-order valence-corrected chi connectivity index (χ4v) is 3.13. The van der Waals surface area contributed by atoms with Gasteiger partial charge >= 0.3 is 0 Å². The first kappa shape index (κ1) is 14.1. The molecule has 2 heterocycles. The minimum absolute atomic E-state index is 0.206. The van der Waals surface area contributed by atoms with Gasteiger partial charge in [-0.15, -0.1) is 0 Å². The van der Waals surface area contributed by atoms with E-state index < -0.39 is 0 Å². The first-order chi connectivity index (χ1) is 9.49. The van der Waals surface area contributed by atoms with Gasteiger partial charge in [-0.2, -0.15) is 0 Å². The van der Waals surface area contributed by atoms with E-state index in [0.29, 0.717) is 6.04 Å². The highest BCUT2D eigenvalue weighted by Gasteiger charge is 2.41. The Labute approximate surface area is 121 Å². The molecule has 2 aliphatic heterocycles. The summed E-state index contributed by atoms with van der Waals surface area (Å²) in [6.07, 6.45) is 1.85. The molecule has 1 spiro atoms. The van der Waals surface area contributed by atoms with E-state index in [0.717, 1.165) is 32.6 Å². The molecule has 2 saturated heterocycles. The maximum absolute atomic E-state index is 5.85. The number of ether oxygens (including phenoxy) is 2. The van der Waals surface area contributed by atoms with Crippen LogP contribution in [0.4, 0.5) is 0 Å². The second kappa shape index (κ2) is 5.14. The predicted octanol–water partition coefficient (Wildman–Crippen LogP) is 3.15. The van der Waals surface area contributed by atoms with Gasteiger partial charge in [0, 0.05) is 25.4 Å². The molecule has 1 unspecified atom stereocenters. The van der Waals surface area contributed by atoms with Crippen LogP contribution in [0.3, 0.4) is 0 Å². The van der Waals surface area contributed by atoms with Crippen LogP contribution in [0.2, 0.25) is 0 Å². The summed E-state index contributed by atoms with van der Waals surface area (Å²) in [6.45, 7) is 9.15. The minimum Gasteiger partial charge on any atom is -0.347 e. The fraction of sp³-hybridized carbons (Fsp3) is 0.647. The zero-order valence-corrected chi connectivity index (χ0v) is 12.7. The van der Waals surface area contributed by atoms with Crippen molar-refractivity contribution in [1.82, 2.24) is 5.32 Å². The number of benzene rings is 1. The molecule has 0 radical (unpaired) electrons. The molecule has 1 N–H and O–H groups in total. The average molecular weight is 275 g/mol. The Morgan fingerprint density at radius 2 is 1.75 bits per heavy atom. The van der Waals surface area contributed by atoms with Gasteiger partial charge in [-0.25, -0.2) is 0 Å². The van der Waals surface area contributed by atoms with Crippen molar-refractivity contribution in [3.63, 3.8) is 0 Å². The van der Waals surface area contributed by atoms with Crippen LogP contribution in [-0.4, -0.2) is 25.5 Å². The summed E-state index contributed by atoms with van der Waals surface area (Å²) < 4.78 is 11.7. The van der Waals surface area contributed by atoms with Crippen LogP contribution in [0.15, 0.2) is 24.3 Å². The van der Waals surface area contributed by atoms with Gasteiger partial charge in [0.2, 0.25) is 0 Å². The van der Waals surface area contributed by atoms with Crippen molar-refractivity contribution < 1.29 is 9.47 Å². The summed E-state index contributed by atoms with van der Waals surface area (Å²) in [5.41, 5.74) is 2.91. The van der Waals surface area contributed by atoms with Crippen LogP contribution in [-0.2, 0) is 14.9 Å². The van der Waals surface area contributed by atoms with Crippen molar-refractivity contribution in [1.29, 1.82) is 0 Å². The Bertz CT molecular complexity index is 455. The lowest BCUT2D eigenvalue weighted by Gasteiger charge is -2.37. The summed E-state index contributed by atoms with van der Waals surface area (Å²) in [7, 11) is 0. The SMILES string of the molecule is CC(C)(C)c1ccc(C2CC3(CCN2)OCCO3)cc1. The van der Waals surface area contributed by atoms with Gasteiger partial charge in [0.1, 0.15) is 0 Å². The number of hydrogen-bond acceptors (Lipinski definition) is 3. The van der Waals surface area contributed by atoms with Crippen molar-refractivity contribution in [3.8, 4) is 0 Å². The van der Waals surface area contributed by atoms with E-state index in [1.807, 2.05) is 0 Å². The normalized spacial score (nSPS) is 26.1. The van der Waals surface area contributed by atoms with Crippen molar-refractivity contribution in [2.75, 3.05) is 19.8 Å². The summed E-state index contributed by atoms with van der Waals surface area (Å²) in [5.74, 6) is -0.335. The van der Waals surface area contributed by atoms with E-state index in [-0.39, 0.29) is 11.2 Å². The highest BCUT2D eigenvalue weighted by atomic mass is 16.7. The van der Waals surface area contributed by atoms with Crippen LogP contribution in [0.25, 0.3) is 0 Å². The Morgan fingerprint density at radius 1 is 1.10 bits per heavy atom. The molecule has 0 aliphatic carbocycles. The van der Waals surface area contributed by atoms with Gasteiger partial charge in [-0.05, 0) is 16.5 Å². The van der Waals surface area contributed by atoms with Gasteiger partial charge in [0.05, 0.1) is 13.2 Å². The third-order valence-corrected chi connectivity index (χ3v) is 4.40. The molecular formula is C17H25NO2. The van der Waals surface area contributed by atoms with Crippen molar-refractivity contribution in [3.05, 3.63) is 35.4 Å². The molecule has 3 nitrogen and oxygen atoms in total. The molecule has 2 fully saturated rings. The molecule has 0 amide bonds. The molecule has 20 heavy (non-hydrogen) atoms. The number of nitrogens with one attached hydrogen (secondary N) is 1. The number of hydrogen-bond donors (Lipinski definition) is 1. The van der Waals surface area contributed by atoms with Gasteiger partial charge in [0.25, 0.3) is 0 Å². The molecule has 1 atom stereocenters. The Hall–Kier alpha value is -0.900. The molecular weight excluding hydrogens is 250 g/mol. The van der Waals surface area contributed by atoms with E-state index in [1.54, 1.807) is 0 Å². The quantitative estimate of drug-likeness (QED) is 0.854. The number of rotatable bonds is 1. The third-order valence-electron chi connectivity index (χ3n) is 4.40. The summed E-state index contributed by atoms with van der Waals surface area (Å²) in [5, 5.41) is 3.58. The zero-order valence-electron chi connectivity index (χ0n) is 12.7. The van der Waals surface area contributed by atoms with E-state index in [1.165, 1.54) is 11.1 Å². The smallest absolute Gasteiger partial charge is 0.171 e. The second-order valence-corrected chi connectivity index (χ2v) is 6.94. The van der Waals surface area contributed by atoms with Gasteiger partial charge in [-0.1, -0.05) is 45.0 Å². The molecule has 3 heteroatoms. The van der Waals surface area contributed by atoms with Crippen LogP contribution in [0.5, 0.6) is 0 Å². The van der Waals surface area contributed by atoms with Crippen LogP contribution in [0, 0.1) is 0 Å². The first-order valence-corrected chi connectivity index (χ1v) is 7.60. The van der Waals surface area contributed by atoms with E-state index in [4.69, 9.17) is 9.47 Å². The third kappa shape index (κ3) is 2.76. The average Bonchev–Trinajstić information content (AvgIpc) is 2.86. The van der Waals surface area contributed by atoms with Gasteiger partial charge in [0.15, 0.2) is 5.79 Å². The molecule has 0 bridgehead atoms. The summed E-state index contributed by atoms with van der Waals surface area (Å²) in [4.78, 5) is 0.